The molecule has 0 radical (unpaired) electrons. The number of cyclic esters (lactones) is 1. The van der Waals surface area contributed by atoms with Crippen molar-refractivity contribution in [1.29, 1.82) is 5.41 Å². The van der Waals surface area contributed by atoms with Crippen LogP contribution in [0.1, 0.15) is 43.2 Å². The number of hydrogen-bond acceptors (Lipinski definition) is 5. The first-order valence-electron chi connectivity index (χ1n) is 10.2. The van der Waals surface area contributed by atoms with Crippen LogP contribution < -0.4 is 5.73 Å². The van der Waals surface area contributed by atoms with Crippen molar-refractivity contribution in [2.45, 2.75) is 37.0 Å². The highest BCUT2D eigenvalue weighted by Crippen LogP contribution is 2.39. The van der Waals surface area contributed by atoms with Crippen LogP contribution in [0.4, 0.5) is 0 Å². The summed E-state index contributed by atoms with van der Waals surface area (Å²) in [6, 6.07) is 15.6. The molecule has 0 saturated carbocycles. The van der Waals surface area contributed by atoms with E-state index in [0.717, 1.165) is 18.4 Å². The summed E-state index contributed by atoms with van der Waals surface area (Å²) in [6.07, 6.45) is 2.35. The van der Waals surface area contributed by atoms with Crippen molar-refractivity contribution in [2.24, 2.45) is 17.6 Å². The Hall–Kier alpha value is -2.67. The number of nitrogens with two attached hydrogens (primary N) is 1. The van der Waals surface area contributed by atoms with Gasteiger partial charge in [-0.15, -0.1) is 0 Å². The van der Waals surface area contributed by atoms with Crippen LogP contribution in [0, 0.1) is 17.2 Å². The SMILES string of the molecule is CCCCC1C(=O)OCC(c2ccc(C(=N)N)cc2)C1CS(=O)(=O)c1ccccc1. The van der Waals surface area contributed by atoms with Crippen molar-refractivity contribution >= 4 is 21.6 Å². The molecule has 2 aromatic carbocycles. The number of carbonyl (C=O) groups excluding carboxylic acids is 1. The summed E-state index contributed by atoms with van der Waals surface area (Å²) in [7, 11) is -3.57. The zero-order chi connectivity index (χ0) is 21.7. The summed E-state index contributed by atoms with van der Waals surface area (Å²) in [4.78, 5) is 12.9. The molecule has 3 unspecified atom stereocenters. The van der Waals surface area contributed by atoms with Gasteiger partial charge < -0.3 is 10.5 Å². The molecule has 2 aromatic rings. The minimum Gasteiger partial charge on any atom is -0.465 e. The average Bonchev–Trinajstić information content (AvgIpc) is 2.74. The molecule has 1 aliphatic rings. The van der Waals surface area contributed by atoms with Gasteiger partial charge in [0.15, 0.2) is 9.84 Å². The van der Waals surface area contributed by atoms with Crippen LogP contribution in [-0.2, 0) is 19.4 Å². The highest BCUT2D eigenvalue weighted by molar-refractivity contribution is 7.91. The van der Waals surface area contributed by atoms with Crippen LogP contribution in [0.5, 0.6) is 0 Å². The van der Waals surface area contributed by atoms with Gasteiger partial charge in [-0.2, -0.15) is 0 Å². The fourth-order valence-corrected chi connectivity index (χ4v) is 5.81. The van der Waals surface area contributed by atoms with E-state index in [-0.39, 0.29) is 40.9 Å². The Morgan fingerprint density at radius 2 is 1.80 bits per heavy atom. The molecule has 3 N–H and O–H groups in total. The zero-order valence-corrected chi connectivity index (χ0v) is 17.9. The Kier molecular flexibility index (Phi) is 6.92. The second-order valence-electron chi connectivity index (χ2n) is 7.78. The molecule has 1 aliphatic heterocycles. The van der Waals surface area contributed by atoms with E-state index in [2.05, 4.69) is 0 Å². The molecule has 6 nitrogen and oxygen atoms in total. The number of rotatable bonds is 8. The first kappa shape index (κ1) is 22.0. The van der Waals surface area contributed by atoms with E-state index in [1.54, 1.807) is 42.5 Å². The highest BCUT2D eigenvalue weighted by atomic mass is 32.2. The molecule has 160 valence electrons. The molecule has 0 aliphatic carbocycles. The third kappa shape index (κ3) is 4.90. The van der Waals surface area contributed by atoms with E-state index >= 15 is 0 Å². The Labute approximate surface area is 177 Å². The lowest BCUT2D eigenvalue weighted by molar-refractivity contribution is -0.158. The van der Waals surface area contributed by atoms with Crippen LogP contribution in [0.3, 0.4) is 0 Å². The normalized spacial score (nSPS) is 21.8. The molecule has 0 spiro atoms. The standard InChI is InChI=1S/C23H28N2O4S/c1-2-3-9-19-21(15-30(27,28)18-7-5-4-6-8-18)20(14-29-23(19)26)16-10-12-17(13-11-16)22(24)25/h4-8,10-13,19-21H,2-3,9,14-15H2,1H3,(H3,24,25). The molecule has 1 saturated heterocycles. The van der Waals surface area contributed by atoms with Crippen LogP contribution in [0.15, 0.2) is 59.5 Å². The van der Waals surface area contributed by atoms with Gasteiger partial charge in [0, 0.05) is 11.5 Å². The number of carbonyl (C=O) groups is 1. The Morgan fingerprint density at radius 1 is 1.13 bits per heavy atom. The van der Waals surface area contributed by atoms with Gasteiger partial charge in [-0.25, -0.2) is 8.42 Å². The monoisotopic (exact) mass is 428 g/mol. The fourth-order valence-electron chi connectivity index (χ4n) is 4.08. The van der Waals surface area contributed by atoms with Gasteiger partial charge >= 0.3 is 5.97 Å². The average molecular weight is 429 g/mol. The van der Waals surface area contributed by atoms with E-state index in [1.807, 2.05) is 19.1 Å². The molecule has 30 heavy (non-hydrogen) atoms. The molecule has 0 amide bonds. The van der Waals surface area contributed by atoms with E-state index in [4.69, 9.17) is 15.9 Å². The van der Waals surface area contributed by atoms with Gasteiger partial charge in [-0.1, -0.05) is 62.2 Å². The molecule has 3 rings (SSSR count). The number of amidine groups is 1. The van der Waals surface area contributed by atoms with Crippen LogP contribution in [-0.4, -0.2) is 32.6 Å². The van der Waals surface area contributed by atoms with Crippen molar-refractivity contribution in [3.8, 4) is 0 Å². The van der Waals surface area contributed by atoms with Crippen molar-refractivity contribution < 1.29 is 17.9 Å². The fraction of sp³-hybridized carbons (Fsp3) is 0.391. The Morgan fingerprint density at radius 3 is 2.40 bits per heavy atom. The maximum atomic E-state index is 13.1. The lowest BCUT2D eigenvalue weighted by Gasteiger charge is -2.37. The molecular weight excluding hydrogens is 400 g/mol. The van der Waals surface area contributed by atoms with Gasteiger partial charge in [0.2, 0.25) is 0 Å². The van der Waals surface area contributed by atoms with Gasteiger partial charge in [-0.3, -0.25) is 10.2 Å². The van der Waals surface area contributed by atoms with Gasteiger partial charge in [0.1, 0.15) is 5.84 Å². The molecule has 0 aromatic heterocycles. The summed E-state index contributed by atoms with van der Waals surface area (Å²) in [5.74, 6) is -1.53. The number of ether oxygens (including phenoxy) is 1. The number of sulfone groups is 1. The Balaban J connectivity index is 1.97. The summed E-state index contributed by atoms with van der Waals surface area (Å²) < 4.78 is 31.8. The number of nitrogen functional groups attached to an aromatic ring is 1. The van der Waals surface area contributed by atoms with Crippen molar-refractivity contribution in [3.63, 3.8) is 0 Å². The third-order valence-corrected chi connectivity index (χ3v) is 7.59. The second-order valence-corrected chi connectivity index (χ2v) is 9.81. The van der Waals surface area contributed by atoms with Gasteiger partial charge in [0.05, 0.1) is 23.2 Å². The van der Waals surface area contributed by atoms with Crippen molar-refractivity contribution in [2.75, 3.05) is 12.4 Å². The third-order valence-electron chi connectivity index (χ3n) is 5.77. The van der Waals surface area contributed by atoms with Crippen molar-refractivity contribution in [3.05, 3.63) is 65.7 Å². The van der Waals surface area contributed by atoms with E-state index < -0.39 is 15.8 Å². The topological polar surface area (TPSA) is 110 Å². The predicted molar refractivity (Wildman–Crippen MR) is 116 cm³/mol. The minimum absolute atomic E-state index is 0.0272. The highest BCUT2D eigenvalue weighted by Gasteiger charge is 2.43. The number of esters is 1. The quantitative estimate of drug-likeness (QED) is 0.380. The maximum Gasteiger partial charge on any atom is 0.309 e. The van der Waals surface area contributed by atoms with E-state index in [1.165, 1.54) is 0 Å². The number of nitrogens with one attached hydrogen (secondary N) is 1. The lowest BCUT2D eigenvalue weighted by Crippen LogP contribution is -2.41. The summed E-state index contributed by atoms with van der Waals surface area (Å²) in [5, 5.41) is 7.57. The smallest absolute Gasteiger partial charge is 0.309 e. The molecule has 7 heteroatoms. The largest absolute Gasteiger partial charge is 0.465 e. The molecule has 1 heterocycles. The number of unbranched alkanes of at least 4 members (excludes halogenated alkanes) is 1. The Bertz CT molecular complexity index is 988. The summed E-state index contributed by atoms with van der Waals surface area (Å²) in [5.41, 5.74) is 7.04. The summed E-state index contributed by atoms with van der Waals surface area (Å²) in [6.45, 7) is 2.19. The minimum atomic E-state index is -3.57. The molecule has 0 bridgehead atoms. The van der Waals surface area contributed by atoms with Crippen LogP contribution >= 0.6 is 0 Å². The molecule has 1 fully saturated rings. The van der Waals surface area contributed by atoms with Gasteiger partial charge in [-0.05, 0) is 30.0 Å². The second kappa shape index (κ2) is 9.43. The van der Waals surface area contributed by atoms with Crippen LogP contribution in [0.2, 0.25) is 0 Å². The number of hydrogen-bond donors (Lipinski definition) is 2. The molecule has 3 atom stereocenters. The predicted octanol–water partition coefficient (Wildman–Crippen LogP) is 3.51. The summed E-state index contributed by atoms with van der Waals surface area (Å²) >= 11 is 0. The maximum absolute atomic E-state index is 13.1. The first-order chi connectivity index (χ1) is 14.3. The van der Waals surface area contributed by atoms with Crippen LogP contribution in [0.25, 0.3) is 0 Å². The van der Waals surface area contributed by atoms with Gasteiger partial charge in [0.25, 0.3) is 0 Å². The van der Waals surface area contributed by atoms with Crippen molar-refractivity contribution in [1.82, 2.24) is 0 Å². The number of benzene rings is 2. The van der Waals surface area contributed by atoms with E-state index in [9.17, 15) is 13.2 Å². The molecular formula is C23H28N2O4S. The van der Waals surface area contributed by atoms with E-state index in [0.29, 0.717) is 12.0 Å². The lowest BCUT2D eigenvalue weighted by atomic mass is 9.75. The first-order valence-corrected chi connectivity index (χ1v) is 11.9. The zero-order valence-electron chi connectivity index (χ0n) is 17.1.